The van der Waals surface area contributed by atoms with Gasteiger partial charge < -0.3 is 15.0 Å². The molecule has 5 fully saturated rings. The first-order valence-corrected chi connectivity index (χ1v) is 14.7. The Labute approximate surface area is 225 Å². The van der Waals surface area contributed by atoms with Crippen molar-refractivity contribution in [2.24, 2.45) is 10.8 Å². The Bertz CT molecular complexity index is 1060. The SMILES string of the molecule is Brc1ccc(C2CC23CCNC3)cc1.O=C([C@H]1CCCO1)N1CCC2(CC2c2ccc(Br)cc2)C1. The fourth-order valence-electron chi connectivity index (χ4n) is 6.77. The second-order valence-electron chi connectivity index (χ2n) is 11.3. The summed E-state index contributed by atoms with van der Waals surface area (Å²) < 4.78 is 7.85. The maximum absolute atomic E-state index is 12.4. The Balaban J connectivity index is 0.000000141. The van der Waals surface area contributed by atoms with Crippen molar-refractivity contribution >= 4 is 37.8 Å². The molecule has 7 rings (SSSR count). The number of rotatable bonds is 3. The molecule has 1 amide bonds. The van der Waals surface area contributed by atoms with Crippen LogP contribution in [-0.4, -0.2) is 49.7 Å². The maximum Gasteiger partial charge on any atom is 0.251 e. The molecular weight excluding hydrogens is 568 g/mol. The number of ether oxygens (including phenoxy) is 1. The molecule has 2 saturated carbocycles. The van der Waals surface area contributed by atoms with Crippen LogP contribution in [0.5, 0.6) is 0 Å². The number of halogens is 2. The van der Waals surface area contributed by atoms with Crippen molar-refractivity contribution in [1.29, 1.82) is 0 Å². The topological polar surface area (TPSA) is 41.6 Å². The smallest absolute Gasteiger partial charge is 0.251 e. The average molecular weight is 602 g/mol. The lowest BCUT2D eigenvalue weighted by Crippen LogP contribution is -2.37. The van der Waals surface area contributed by atoms with Gasteiger partial charge in [0, 0.05) is 35.2 Å². The van der Waals surface area contributed by atoms with Gasteiger partial charge in [-0.3, -0.25) is 4.79 Å². The molecule has 186 valence electrons. The Morgan fingerprint density at radius 3 is 2.11 bits per heavy atom. The Morgan fingerprint density at radius 1 is 0.914 bits per heavy atom. The van der Waals surface area contributed by atoms with E-state index in [1.165, 1.54) is 48.0 Å². The minimum atomic E-state index is -0.162. The van der Waals surface area contributed by atoms with Crippen molar-refractivity contribution < 1.29 is 9.53 Å². The van der Waals surface area contributed by atoms with Crippen LogP contribution in [0.1, 0.15) is 61.5 Å². The van der Waals surface area contributed by atoms with Crippen LogP contribution in [-0.2, 0) is 9.53 Å². The van der Waals surface area contributed by atoms with Gasteiger partial charge in [-0.05, 0) is 103 Å². The Kier molecular flexibility index (Phi) is 6.61. The number of nitrogens with zero attached hydrogens (tertiary/aromatic N) is 1. The van der Waals surface area contributed by atoms with Crippen molar-refractivity contribution in [3.63, 3.8) is 0 Å². The van der Waals surface area contributed by atoms with Gasteiger partial charge >= 0.3 is 0 Å². The van der Waals surface area contributed by atoms with Crippen molar-refractivity contribution in [1.82, 2.24) is 10.2 Å². The summed E-state index contributed by atoms with van der Waals surface area (Å²) in [5.41, 5.74) is 3.93. The van der Waals surface area contributed by atoms with Crippen LogP contribution in [0.15, 0.2) is 57.5 Å². The number of amides is 1. The fraction of sp³-hybridized carbons (Fsp3) is 0.552. The lowest BCUT2D eigenvalue weighted by molar-refractivity contribution is -0.140. The summed E-state index contributed by atoms with van der Waals surface area (Å²) in [6.45, 7) is 5.02. The molecule has 6 heteroatoms. The molecule has 0 aromatic heterocycles. The predicted molar refractivity (Wildman–Crippen MR) is 146 cm³/mol. The first kappa shape index (κ1) is 24.1. The predicted octanol–water partition coefficient (Wildman–Crippen LogP) is 6.25. The third-order valence-corrected chi connectivity index (χ3v) is 10.2. The van der Waals surface area contributed by atoms with E-state index in [0.717, 1.165) is 49.3 Å². The second-order valence-corrected chi connectivity index (χ2v) is 13.1. The highest BCUT2D eigenvalue weighted by molar-refractivity contribution is 9.10. The van der Waals surface area contributed by atoms with E-state index in [9.17, 15) is 4.79 Å². The summed E-state index contributed by atoms with van der Waals surface area (Å²) in [6, 6.07) is 17.5. The molecule has 0 radical (unpaired) electrons. The normalized spacial score (nSPS) is 34.8. The van der Waals surface area contributed by atoms with Gasteiger partial charge in [0.05, 0.1) is 0 Å². The summed E-state index contributed by atoms with van der Waals surface area (Å²) >= 11 is 6.97. The molecule has 2 spiro atoms. The van der Waals surface area contributed by atoms with Crippen molar-refractivity contribution in [2.45, 2.75) is 56.5 Å². The standard InChI is InChI=1S/C17H20BrNO2.C12H14BrN/c18-13-5-3-12(4-6-13)14-10-17(14)7-8-19(11-17)16(20)15-2-1-9-21-15;13-10-3-1-9(2-4-10)11-7-12(11)5-6-14-8-12/h3-6,14-15H,1-2,7-11H2;1-4,11,14H,5-8H2/t14?,15-,17?;/m1./s1. The number of hydrogen-bond acceptors (Lipinski definition) is 3. The van der Waals surface area contributed by atoms with Crippen molar-refractivity contribution in [3.8, 4) is 0 Å². The zero-order valence-electron chi connectivity index (χ0n) is 20.1. The van der Waals surface area contributed by atoms with Crippen LogP contribution in [0.4, 0.5) is 0 Å². The third kappa shape index (κ3) is 4.88. The highest BCUT2D eigenvalue weighted by Gasteiger charge is 2.59. The quantitative estimate of drug-likeness (QED) is 0.452. The molecule has 2 aliphatic carbocycles. The molecule has 3 saturated heterocycles. The van der Waals surface area contributed by atoms with Gasteiger partial charge in [0.25, 0.3) is 5.91 Å². The number of carbonyl (C=O) groups excluding carboxylic acids is 1. The molecule has 4 nitrogen and oxygen atoms in total. The molecule has 1 N–H and O–H groups in total. The van der Waals surface area contributed by atoms with Crippen LogP contribution in [0.2, 0.25) is 0 Å². The summed E-state index contributed by atoms with van der Waals surface area (Å²) in [5.74, 6) is 1.68. The number of nitrogens with one attached hydrogen (secondary N) is 1. The van der Waals surface area contributed by atoms with Crippen LogP contribution >= 0.6 is 31.9 Å². The maximum atomic E-state index is 12.4. The van der Waals surface area contributed by atoms with Crippen molar-refractivity contribution in [3.05, 3.63) is 68.6 Å². The minimum Gasteiger partial charge on any atom is -0.368 e. The van der Waals surface area contributed by atoms with Crippen LogP contribution in [0.3, 0.4) is 0 Å². The van der Waals surface area contributed by atoms with Gasteiger partial charge in [-0.25, -0.2) is 0 Å². The van der Waals surface area contributed by atoms with Crippen LogP contribution in [0.25, 0.3) is 0 Å². The van der Waals surface area contributed by atoms with E-state index in [0.29, 0.717) is 16.7 Å². The van der Waals surface area contributed by atoms with Gasteiger partial charge in [0.1, 0.15) is 6.10 Å². The monoisotopic (exact) mass is 600 g/mol. The highest BCUT2D eigenvalue weighted by Crippen LogP contribution is 2.64. The number of likely N-dealkylation sites (tertiary alicyclic amines) is 1. The first-order chi connectivity index (χ1) is 17.0. The lowest BCUT2D eigenvalue weighted by atomic mass is 9.98. The summed E-state index contributed by atoms with van der Waals surface area (Å²) in [5, 5.41) is 3.48. The molecule has 5 atom stereocenters. The van der Waals surface area contributed by atoms with E-state index in [4.69, 9.17) is 4.74 Å². The van der Waals surface area contributed by atoms with Crippen molar-refractivity contribution in [2.75, 3.05) is 32.8 Å². The number of hydrogen-bond donors (Lipinski definition) is 1. The average Bonchev–Trinajstić information content (AvgIpc) is 3.40. The number of benzene rings is 2. The van der Waals surface area contributed by atoms with E-state index < -0.39 is 0 Å². The lowest BCUT2D eigenvalue weighted by Gasteiger charge is -2.20. The highest BCUT2D eigenvalue weighted by atomic mass is 79.9. The van der Waals surface area contributed by atoms with E-state index in [1.807, 2.05) is 0 Å². The molecule has 35 heavy (non-hydrogen) atoms. The molecule has 2 aromatic rings. The Hall–Kier alpha value is -1.21. The van der Waals surface area contributed by atoms with E-state index in [1.54, 1.807) is 0 Å². The zero-order chi connectivity index (χ0) is 24.0. The summed E-state index contributed by atoms with van der Waals surface area (Å²) in [6.07, 6.45) is 6.89. The fourth-order valence-corrected chi connectivity index (χ4v) is 7.30. The zero-order valence-corrected chi connectivity index (χ0v) is 23.3. The Morgan fingerprint density at radius 2 is 1.54 bits per heavy atom. The minimum absolute atomic E-state index is 0.162. The largest absolute Gasteiger partial charge is 0.368 e. The molecule has 2 aromatic carbocycles. The number of carbonyl (C=O) groups is 1. The van der Waals surface area contributed by atoms with E-state index >= 15 is 0 Å². The molecule has 3 heterocycles. The summed E-state index contributed by atoms with van der Waals surface area (Å²) in [4.78, 5) is 14.5. The molecule has 4 unspecified atom stereocenters. The molecule has 0 bridgehead atoms. The van der Waals surface area contributed by atoms with Gasteiger partial charge in [-0.1, -0.05) is 56.1 Å². The van der Waals surface area contributed by atoms with Gasteiger partial charge in [0.15, 0.2) is 0 Å². The van der Waals surface area contributed by atoms with Crippen LogP contribution in [0, 0.1) is 10.8 Å². The molecular formula is C29H34Br2N2O2. The third-order valence-electron chi connectivity index (χ3n) is 9.10. The van der Waals surface area contributed by atoms with Crippen LogP contribution < -0.4 is 5.32 Å². The first-order valence-electron chi connectivity index (χ1n) is 13.1. The second kappa shape index (κ2) is 9.59. The van der Waals surface area contributed by atoms with Gasteiger partial charge in [-0.15, -0.1) is 0 Å². The van der Waals surface area contributed by atoms with E-state index in [-0.39, 0.29) is 12.0 Å². The molecule has 3 aliphatic heterocycles. The van der Waals surface area contributed by atoms with Gasteiger partial charge in [-0.2, -0.15) is 0 Å². The van der Waals surface area contributed by atoms with Gasteiger partial charge in [0.2, 0.25) is 0 Å². The summed E-state index contributed by atoms with van der Waals surface area (Å²) in [7, 11) is 0. The molecule has 5 aliphatic rings. The van der Waals surface area contributed by atoms with E-state index in [2.05, 4.69) is 90.6 Å².